The van der Waals surface area contributed by atoms with Gasteiger partial charge in [0.05, 0.1) is 16.6 Å². The van der Waals surface area contributed by atoms with E-state index >= 15 is 0 Å². The number of hydrogen-bond donors (Lipinski definition) is 0. The first kappa shape index (κ1) is 7.00. The molecule has 0 saturated heterocycles. The summed E-state index contributed by atoms with van der Waals surface area (Å²) in [6, 6.07) is -0.245. The van der Waals surface area contributed by atoms with Crippen LogP contribution >= 0.6 is 0 Å². The van der Waals surface area contributed by atoms with Gasteiger partial charge in [-0.1, -0.05) is 0 Å². The van der Waals surface area contributed by atoms with Gasteiger partial charge < -0.3 is 0 Å². The molecule has 0 saturated carbocycles. The highest BCUT2D eigenvalue weighted by molar-refractivity contribution is 4.48. The lowest BCUT2D eigenvalue weighted by atomic mass is 10.4. The summed E-state index contributed by atoms with van der Waals surface area (Å²) in [6.45, 7) is 3.28. The van der Waals surface area contributed by atoms with Crippen molar-refractivity contribution < 1.29 is 0 Å². The molecule has 0 fully saturated rings. The second-order valence-corrected chi connectivity index (χ2v) is 1.58. The number of hydrogen-bond acceptors (Lipinski definition) is 4. The lowest BCUT2D eigenvalue weighted by molar-refractivity contribution is 0.236. The van der Waals surface area contributed by atoms with Crippen LogP contribution in [0.3, 0.4) is 0 Å². The summed E-state index contributed by atoms with van der Waals surface area (Å²) in [5.74, 6) is 0. The highest BCUT2D eigenvalue weighted by Crippen LogP contribution is 1.96. The summed E-state index contributed by atoms with van der Waals surface area (Å²) >= 11 is 0. The standard InChI is InChI=1S/C3H7N3O2/c1-3(2)6(4-7)5-8/h3H,1-2H3. The highest BCUT2D eigenvalue weighted by Gasteiger charge is 2.04. The summed E-state index contributed by atoms with van der Waals surface area (Å²) in [5, 5.41) is 5.18. The van der Waals surface area contributed by atoms with Crippen LogP contribution in [0.1, 0.15) is 13.8 Å². The molecule has 0 spiro atoms. The topological polar surface area (TPSA) is 62.1 Å². The van der Waals surface area contributed by atoms with Crippen molar-refractivity contribution in [3.8, 4) is 0 Å². The molecule has 0 aliphatic carbocycles. The summed E-state index contributed by atoms with van der Waals surface area (Å²) in [4.78, 5) is 19.1. The highest BCUT2D eigenvalue weighted by atomic mass is 16.4. The summed E-state index contributed by atoms with van der Waals surface area (Å²) in [7, 11) is 0. The van der Waals surface area contributed by atoms with Gasteiger partial charge in [-0.2, -0.15) is 0 Å². The molecular weight excluding hydrogens is 110 g/mol. The van der Waals surface area contributed by atoms with E-state index < -0.39 is 0 Å². The first-order valence-corrected chi connectivity index (χ1v) is 2.18. The molecule has 5 heteroatoms. The van der Waals surface area contributed by atoms with Gasteiger partial charge in [0, 0.05) is 0 Å². The minimum Gasteiger partial charge on any atom is -0.123 e. The molecular formula is C3H7N3O2. The van der Waals surface area contributed by atoms with Crippen LogP contribution in [0.25, 0.3) is 0 Å². The first-order chi connectivity index (χ1) is 3.72. The fraction of sp³-hybridized carbons (Fsp3) is 1.00. The molecule has 0 amide bonds. The van der Waals surface area contributed by atoms with Gasteiger partial charge in [0.15, 0.2) is 0 Å². The first-order valence-electron chi connectivity index (χ1n) is 2.18. The molecule has 0 radical (unpaired) electrons. The van der Waals surface area contributed by atoms with Crippen LogP contribution in [0.15, 0.2) is 10.6 Å². The van der Waals surface area contributed by atoms with Crippen LogP contribution in [0, 0.1) is 9.81 Å². The summed E-state index contributed by atoms with van der Waals surface area (Å²) < 4.78 is 0. The molecule has 0 N–H and O–H groups in total. The summed E-state index contributed by atoms with van der Waals surface area (Å²) in [6.07, 6.45) is 0. The van der Waals surface area contributed by atoms with Crippen molar-refractivity contribution >= 4 is 0 Å². The molecule has 0 rings (SSSR count). The Bertz CT molecular complexity index is 84.5. The lowest BCUT2D eigenvalue weighted by Gasteiger charge is -2.05. The lowest BCUT2D eigenvalue weighted by Crippen LogP contribution is -2.17. The van der Waals surface area contributed by atoms with Crippen molar-refractivity contribution in [2.45, 2.75) is 19.9 Å². The van der Waals surface area contributed by atoms with Crippen molar-refractivity contribution in [3.63, 3.8) is 0 Å². The van der Waals surface area contributed by atoms with E-state index in [2.05, 4.69) is 10.6 Å². The number of nitrogens with zero attached hydrogens (tertiary/aromatic N) is 3. The fourth-order valence-corrected chi connectivity index (χ4v) is 0.203. The summed E-state index contributed by atoms with van der Waals surface area (Å²) in [5.41, 5.74) is 0. The largest absolute Gasteiger partial charge is 0.123 e. The van der Waals surface area contributed by atoms with Gasteiger partial charge in [0.25, 0.3) is 0 Å². The van der Waals surface area contributed by atoms with Crippen LogP contribution in [0.5, 0.6) is 0 Å². The number of nitroso groups, excluding NO2 is 2. The molecule has 46 valence electrons. The van der Waals surface area contributed by atoms with Gasteiger partial charge in [-0.05, 0) is 13.8 Å². The zero-order valence-electron chi connectivity index (χ0n) is 4.74. The van der Waals surface area contributed by atoms with Gasteiger partial charge in [0.2, 0.25) is 0 Å². The van der Waals surface area contributed by atoms with Gasteiger partial charge in [0.1, 0.15) is 0 Å². The molecule has 0 aliphatic rings. The van der Waals surface area contributed by atoms with Crippen LogP contribution < -0.4 is 0 Å². The van der Waals surface area contributed by atoms with E-state index in [4.69, 9.17) is 0 Å². The minimum absolute atomic E-state index is 0.245. The quantitative estimate of drug-likeness (QED) is 0.410. The van der Waals surface area contributed by atoms with Gasteiger partial charge in [-0.25, -0.2) is 0 Å². The van der Waals surface area contributed by atoms with E-state index in [1.54, 1.807) is 13.8 Å². The molecule has 0 aromatic rings. The molecule has 0 atom stereocenters. The third-order valence-corrected chi connectivity index (χ3v) is 0.629. The van der Waals surface area contributed by atoms with Crippen molar-refractivity contribution in [2.24, 2.45) is 10.6 Å². The molecule has 0 bridgehead atoms. The van der Waals surface area contributed by atoms with Gasteiger partial charge in [-0.3, -0.25) is 0 Å². The Balaban J connectivity index is 3.68. The fourth-order valence-electron chi connectivity index (χ4n) is 0.203. The van der Waals surface area contributed by atoms with Crippen molar-refractivity contribution in [3.05, 3.63) is 9.81 Å². The van der Waals surface area contributed by atoms with E-state index in [1.165, 1.54) is 0 Å². The second-order valence-electron chi connectivity index (χ2n) is 1.58. The second kappa shape index (κ2) is 3.06. The number of rotatable bonds is 3. The van der Waals surface area contributed by atoms with Crippen LogP contribution in [-0.4, -0.2) is 11.2 Å². The monoisotopic (exact) mass is 117 g/mol. The average Bonchev–Trinajstić information content (AvgIpc) is 1.69. The predicted molar refractivity (Wildman–Crippen MR) is 28.6 cm³/mol. The molecule has 5 nitrogen and oxygen atoms in total. The van der Waals surface area contributed by atoms with Crippen LogP contribution in [0.2, 0.25) is 0 Å². The average molecular weight is 117 g/mol. The van der Waals surface area contributed by atoms with E-state index in [0.29, 0.717) is 5.12 Å². The SMILES string of the molecule is CC(C)N(N=O)N=O. The van der Waals surface area contributed by atoms with Gasteiger partial charge >= 0.3 is 0 Å². The Kier molecular flexibility index (Phi) is 2.68. The normalized spacial score (nSPS) is 8.88. The maximum absolute atomic E-state index is 9.56. The van der Waals surface area contributed by atoms with E-state index in [-0.39, 0.29) is 6.04 Å². The molecule has 0 unspecified atom stereocenters. The Labute approximate surface area is 46.6 Å². The molecule has 8 heavy (non-hydrogen) atoms. The maximum Gasteiger partial charge on any atom is 0.0780 e. The van der Waals surface area contributed by atoms with Crippen molar-refractivity contribution in [1.29, 1.82) is 0 Å². The third-order valence-electron chi connectivity index (χ3n) is 0.629. The molecule has 0 aromatic carbocycles. The Morgan fingerprint density at radius 2 is 1.62 bits per heavy atom. The third kappa shape index (κ3) is 1.63. The van der Waals surface area contributed by atoms with Crippen LogP contribution in [-0.2, 0) is 0 Å². The molecule has 0 aliphatic heterocycles. The Morgan fingerprint density at radius 3 is 1.62 bits per heavy atom. The van der Waals surface area contributed by atoms with E-state index in [9.17, 15) is 9.81 Å². The molecule has 0 aromatic heterocycles. The predicted octanol–water partition coefficient (Wildman–Crippen LogP) is 1.06. The van der Waals surface area contributed by atoms with Crippen molar-refractivity contribution in [2.75, 3.05) is 0 Å². The van der Waals surface area contributed by atoms with Crippen LogP contribution in [0.4, 0.5) is 0 Å². The smallest absolute Gasteiger partial charge is 0.0780 e. The van der Waals surface area contributed by atoms with E-state index in [1.807, 2.05) is 0 Å². The van der Waals surface area contributed by atoms with Gasteiger partial charge in [-0.15, -0.1) is 14.9 Å². The Hall–Kier alpha value is -1.00. The van der Waals surface area contributed by atoms with Crippen molar-refractivity contribution in [1.82, 2.24) is 5.12 Å². The van der Waals surface area contributed by atoms with E-state index in [0.717, 1.165) is 0 Å². The minimum atomic E-state index is -0.245. The zero-order chi connectivity index (χ0) is 6.57. The Morgan fingerprint density at radius 1 is 1.25 bits per heavy atom. The maximum atomic E-state index is 9.56. The molecule has 0 heterocycles. The zero-order valence-corrected chi connectivity index (χ0v) is 4.74.